The number of carbonyl (C=O) groups is 3. The Balaban J connectivity index is 1.42. The first-order valence-corrected chi connectivity index (χ1v) is 12.4. The molecule has 1 aliphatic carbocycles. The van der Waals surface area contributed by atoms with Gasteiger partial charge in [-0.15, -0.1) is 0 Å². The first-order chi connectivity index (χ1) is 17.3. The number of fused-ring (bicyclic) bond motifs is 2. The molecule has 3 aliphatic heterocycles. The standard InChI is InChI=1S/C25H32N6O5/c1-14(2)13-30-23-17(6-7-20(32)29-10-11-36-19-12-26-9-8-18(19)29)15(3)28-31(23)25(35)21(24(30)34)22(33)27-16-4-5-16/h6-9,12,14-17,23,28,34H,4-5,10-11,13H2,1-3H3,(H,27,33)/b7-6+. The van der Waals surface area contributed by atoms with Crippen molar-refractivity contribution in [3.8, 4) is 5.75 Å². The summed E-state index contributed by atoms with van der Waals surface area (Å²) in [5.41, 5.74) is 3.57. The van der Waals surface area contributed by atoms with Gasteiger partial charge in [-0.2, -0.15) is 0 Å². The van der Waals surface area contributed by atoms with Gasteiger partial charge in [0.2, 0.25) is 5.88 Å². The number of hydrogen-bond acceptors (Lipinski definition) is 8. The summed E-state index contributed by atoms with van der Waals surface area (Å²) in [6.45, 7) is 7.13. The fourth-order valence-corrected chi connectivity index (χ4v) is 4.95. The van der Waals surface area contributed by atoms with Crippen molar-refractivity contribution in [3.05, 3.63) is 42.1 Å². The molecular formula is C25H32N6O5. The minimum Gasteiger partial charge on any atom is -0.494 e. The molecular weight excluding hydrogens is 464 g/mol. The van der Waals surface area contributed by atoms with Crippen molar-refractivity contribution in [2.75, 3.05) is 24.6 Å². The quantitative estimate of drug-likeness (QED) is 0.394. The molecule has 5 rings (SSSR count). The topological polar surface area (TPSA) is 127 Å². The van der Waals surface area contributed by atoms with Crippen molar-refractivity contribution in [1.29, 1.82) is 0 Å². The van der Waals surface area contributed by atoms with E-state index in [1.165, 1.54) is 11.1 Å². The Kier molecular flexibility index (Phi) is 6.33. The second-order valence-electron chi connectivity index (χ2n) is 10.1. The van der Waals surface area contributed by atoms with Crippen LogP contribution in [0.1, 0.15) is 33.6 Å². The first-order valence-electron chi connectivity index (χ1n) is 12.4. The molecule has 4 aliphatic rings. The zero-order chi connectivity index (χ0) is 25.6. The zero-order valence-electron chi connectivity index (χ0n) is 20.7. The Morgan fingerprint density at radius 1 is 1.36 bits per heavy atom. The van der Waals surface area contributed by atoms with Gasteiger partial charge < -0.3 is 25.0 Å². The summed E-state index contributed by atoms with van der Waals surface area (Å²) in [6, 6.07) is 1.57. The second kappa shape index (κ2) is 9.45. The van der Waals surface area contributed by atoms with Crippen LogP contribution in [0.5, 0.6) is 5.75 Å². The van der Waals surface area contributed by atoms with Crippen LogP contribution < -0.4 is 20.4 Å². The number of aliphatic hydroxyl groups excluding tert-OH is 1. The van der Waals surface area contributed by atoms with Gasteiger partial charge in [0.15, 0.2) is 11.3 Å². The molecule has 1 aromatic heterocycles. The molecule has 0 radical (unpaired) electrons. The average molecular weight is 497 g/mol. The highest BCUT2D eigenvalue weighted by Gasteiger charge is 2.51. The molecule has 3 unspecified atom stereocenters. The van der Waals surface area contributed by atoms with Crippen molar-refractivity contribution in [2.45, 2.75) is 51.9 Å². The molecule has 0 aromatic carbocycles. The normalized spacial score (nSPS) is 25.8. The molecule has 1 saturated heterocycles. The number of hydrogen-bond donors (Lipinski definition) is 3. The van der Waals surface area contributed by atoms with Crippen LogP contribution in [-0.4, -0.2) is 75.7 Å². The summed E-state index contributed by atoms with van der Waals surface area (Å²) < 4.78 is 5.59. The number of pyridine rings is 1. The fraction of sp³-hybridized carbons (Fsp3) is 0.520. The molecule has 2 fully saturated rings. The van der Waals surface area contributed by atoms with Crippen LogP contribution in [0, 0.1) is 11.8 Å². The van der Waals surface area contributed by atoms with Gasteiger partial charge in [0.25, 0.3) is 17.7 Å². The van der Waals surface area contributed by atoms with Gasteiger partial charge in [0.05, 0.1) is 18.4 Å². The largest absolute Gasteiger partial charge is 0.494 e. The van der Waals surface area contributed by atoms with Crippen molar-refractivity contribution in [1.82, 2.24) is 25.6 Å². The molecule has 1 aromatic rings. The van der Waals surface area contributed by atoms with Crippen LogP contribution in [0.4, 0.5) is 5.69 Å². The highest BCUT2D eigenvalue weighted by atomic mass is 16.5. The van der Waals surface area contributed by atoms with Crippen molar-refractivity contribution in [2.24, 2.45) is 11.8 Å². The molecule has 0 bridgehead atoms. The molecule has 36 heavy (non-hydrogen) atoms. The van der Waals surface area contributed by atoms with Crippen LogP contribution in [0.15, 0.2) is 42.1 Å². The van der Waals surface area contributed by atoms with E-state index in [-0.39, 0.29) is 41.3 Å². The van der Waals surface area contributed by atoms with E-state index in [1.807, 2.05) is 20.8 Å². The average Bonchev–Trinajstić information content (AvgIpc) is 3.60. The Bertz CT molecular complexity index is 1130. The van der Waals surface area contributed by atoms with Crippen LogP contribution in [-0.2, 0) is 14.4 Å². The lowest BCUT2D eigenvalue weighted by molar-refractivity contribution is -0.142. The van der Waals surface area contributed by atoms with E-state index in [2.05, 4.69) is 15.7 Å². The minimum absolute atomic E-state index is 0.0510. The van der Waals surface area contributed by atoms with E-state index >= 15 is 0 Å². The van der Waals surface area contributed by atoms with Gasteiger partial charge in [0.1, 0.15) is 12.8 Å². The summed E-state index contributed by atoms with van der Waals surface area (Å²) in [5.74, 6) is -1.27. The van der Waals surface area contributed by atoms with E-state index in [9.17, 15) is 19.5 Å². The lowest BCUT2D eigenvalue weighted by Crippen LogP contribution is -2.59. The minimum atomic E-state index is -0.586. The second-order valence-corrected chi connectivity index (χ2v) is 10.1. The maximum atomic E-state index is 13.3. The Morgan fingerprint density at radius 2 is 2.14 bits per heavy atom. The maximum absolute atomic E-state index is 13.3. The molecule has 3 atom stereocenters. The third-order valence-electron chi connectivity index (χ3n) is 6.83. The van der Waals surface area contributed by atoms with Gasteiger partial charge in [-0.25, -0.2) is 10.4 Å². The molecule has 11 nitrogen and oxygen atoms in total. The summed E-state index contributed by atoms with van der Waals surface area (Å²) in [5, 5.41) is 15.4. The number of carbonyl (C=O) groups excluding carboxylic acids is 3. The molecule has 3 N–H and O–H groups in total. The molecule has 11 heteroatoms. The number of aliphatic hydroxyl groups is 1. The number of nitrogens with zero attached hydrogens (tertiary/aromatic N) is 4. The summed E-state index contributed by atoms with van der Waals surface area (Å²) in [7, 11) is 0. The monoisotopic (exact) mass is 496 g/mol. The number of rotatable bonds is 6. The van der Waals surface area contributed by atoms with E-state index in [0.29, 0.717) is 31.1 Å². The SMILES string of the molecule is CC(C)CN1C(O)=C(C(=O)NC2CC2)C(=O)N2NC(C)C(/C=C/C(=O)N3CCOc4cnccc43)C12. The van der Waals surface area contributed by atoms with Crippen molar-refractivity contribution >= 4 is 23.4 Å². The van der Waals surface area contributed by atoms with Gasteiger partial charge in [-0.3, -0.25) is 19.4 Å². The van der Waals surface area contributed by atoms with Crippen LogP contribution in [0.2, 0.25) is 0 Å². The van der Waals surface area contributed by atoms with Gasteiger partial charge >= 0.3 is 0 Å². The van der Waals surface area contributed by atoms with Crippen LogP contribution in [0.3, 0.4) is 0 Å². The number of hydrazine groups is 1. The third-order valence-corrected chi connectivity index (χ3v) is 6.83. The van der Waals surface area contributed by atoms with Crippen molar-refractivity contribution in [3.63, 3.8) is 0 Å². The van der Waals surface area contributed by atoms with Crippen molar-refractivity contribution < 1.29 is 24.2 Å². The first kappa shape index (κ1) is 24.1. The summed E-state index contributed by atoms with van der Waals surface area (Å²) in [6.07, 6.45) is 7.65. The van der Waals surface area contributed by atoms with Gasteiger partial charge in [-0.1, -0.05) is 19.9 Å². The van der Waals surface area contributed by atoms with E-state index in [0.717, 1.165) is 12.8 Å². The Hall–Kier alpha value is -3.60. The molecule has 0 spiro atoms. The third kappa shape index (κ3) is 4.39. The van der Waals surface area contributed by atoms with Gasteiger partial charge in [-0.05, 0) is 37.8 Å². The molecule has 1 saturated carbocycles. The predicted octanol–water partition coefficient (Wildman–Crippen LogP) is 1.06. The fourth-order valence-electron chi connectivity index (χ4n) is 4.95. The number of anilines is 1. The highest BCUT2D eigenvalue weighted by molar-refractivity contribution is 6.19. The highest BCUT2D eigenvalue weighted by Crippen LogP contribution is 2.36. The summed E-state index contributed by atoms with van der Waals surface area (Å²) in [4.78, 5) is 46.7. The number of ether oxygens (including phenoxy) is 1. The zero-order valence-corrected chi connectivity index (χ0v) is 20.7. The number of aromatic nitrogens is 1. The maximum Gasteiger partial charge on any atom is 0.280 e. The number of amides is 3. The molecule has 3 amide bonds. The van der Waals surface area contributed by atoms with E-state index in [4.69, 9.17) is 4.74 Å². The van der Waals surface area contributed by atoms with E-state index < -0.39 is 18.0 Å². The molecule has 192 valence electrons. The van der Waals surface area contributed by atoms with Crippen LogP contribution in [0.25, 0.3) is 0 Å². The Labute approximate surface area is 209 Å². The lowest BCUT2D eigenvalue weighted by Gasteiger charge is -2.42. The predicted molar refractivity (Wildman–Crippen MR) is 130 cm³/mol. The summed E-state index contributed by atoms with van der Waals surface area (Å²) >= 11 is 0. The number of nitrogens with one attached hydrogen (secondary N) is 2. The lowest BCUT2D eigenvalue weighted by atomic mass is 9.95. The van der Waals surface area contributed by atoms with Crippen LogP contribution >= 0.6 is 0 Å². The Morgan fingerprint density at radius 3 is 2.86 bits per heavy atom. The smallest absolute Gasteiger partial charge is 0.280 e. The van der Waals surface area contributed by atoms with E-state index in [1.54, 1.807) is 34.3 Å². The van der Waals surface area contributed by atoms with Gasteiger partial charge in [0, 0.05) is 30.7 Å². The molecule has 4 heterocycles.